The minimum absolute atomic E-state index is 0.122. The number of rotatable bonds is 3. The molecule has 0 saturated heterocycles. The Balaban J connectivity index is 1.55. The maximum atomic E-state index is 4.83. The molecule has 4 heteroatoms. The summed E-state index contributed by atoms with van der Waals surface area (Å²) in [7, 11) is 0. The lowest BCUT2D eigenvalue weighted by atomic mass is 9.78. The molecule has 1 aliphatic heterocycles. The van der Waals surface area contributed by atoms with Gasteiger partial charge in [0.2, 0.25) is 5.95 Å². The molecule has 0 radical (unpaired) electrons. The van der Waals surface area contributed by atoms with E-state index in [0.29, 0.717) is 6.04 Å². The first-order chi connectivity index (χ1) is 12.1. The molecular formula is C21H28N4. The van der Waals surface area contributed by atoms with Crippen LogP contribution in [0, 0.1) is 0 Å². The van der Waals surface area contributed by atoms with Gasteiger partial charge in [0, 0.05) is 30.7 Å². The molecule has 1 aliphatic carbocycles. The number of hydrogen-bond donors (Lipinski definition) is 1. The Labute approximate surface area is 150 Å². The Morgan fingerprint density at radius 1 is 1.08 bits per heavy atom. The number of fused-ring (bicyclic) bond motifs is 1. The van der Waals surface area contributed by atoms with Crippen molar-refractivity contribution in [2.75, 3.05) is 16.8 Å². The van der Waals surface area contributed by atoms with Crippen molar-refractivity contribution in [1.82, 2.24) is 9.97 Å². The number of benzene rings is 1. The monoisotopic (exact) mass is 336 g/mol. The largest absolute Gasteiger partial charge is 0.351 e. The van der Waals surface area contributed by atoms with Crippen LogP contribution in [0.2, 0.25) is 0 Å². The number of nitrogens with zero attached hydrogens (tertiary/aromatic N) is 3. The quantitative estimate of drug-likeness (QED) is 0.895. The molecule has 2 heterocycles. The summed E-state index contributed by atoms with van der Waals surface area (Å²) in [6, 6.07) is 11.4. The predicted octanol–water partition coefficient (Wildman–Crippen LogP) is 4.52. The number of anilines is 2. The zero-order valence-electron chi connectivity index (χ0n) is 15.3. The second-order valence-electron chi connectivity index (χ2n) is 8.11. The van der Waals surface area contributed by atoms with Crippen molar-refractivity contribution >= 4 is 11.8 Å². The van der Waals surface area contributed by atoms with Gasteiger partial charge >= 0.3 is 0 Å². The van der Waals surface area contributed by atoms with E-state index in [1.54, 1.807) is 0 Å². The van der Waals surface area contributed by atoms with Crippen molar-refractivity contribution in [2.24, 2.45) is 0 Å². The molecule has 1 N–H and O–H groups in total. The first-order valence-electron chi connectivity index (χ1n) is 9.55. The summed E-state index contributed by atoms with van der Waals surface area (Å²) in [6.07, 6.45) is 8.35. The molecule has 0 unspecified atom stereocenters. The smallest absolute Gasteiger partial charge is 0.224 e. The molecule has 1 fully saturated rings. The fourth-order valence-electron chi connectivity index (χ4n) is 4.33. The van der Waals surface area contributed by atoms with Gasteiger partial charge in [0.1, 0.15) is 5.82 Å². The Morgan fingerprint density at radius 2 is 1.88 bits per heavy atom. The lowest BCUT2D eigenvalue weighted by Crippen LogP contribution is -2.42. The summed E-state index contributed by atoms with van der Waals surface area (Å²) in [6.45, 7) is 6.53. The average molecular weight is 336 g/mol. The van der Waals surface area contributed by atoms with E-state index in [4.69, 9.17) is 4.98 Å². The van der Waals surface area contributed by atoms with Crippen molar-refractivity contribution in [3.63, 3.8) is 0 Å². The first kappa shape index (κ1) is 16.4. The third kappa shape index (κ3) is 3.48. The van der Waals surface area contributed by atoms with E-state index in [-0.39, 0.29) is 5.41 Å². The average Bonchev–Trinajstić information content (AvgIpc) is 2.62. The van der Waals surface area contributed by atoms with Crippen LogP contribution in [0.1, 0.15) is 57.1 Å². The van der Waals surface area contributed by atoms with Crippen LogP contribution in [-0.4, -0.2) is 22.6 Å². The molecule has 0 amide bonds. The third-order valence-corrected chi connectivity index (χ3v) is 5.60. The second-order valence-corrected chi connectivity index (χ2v) is 8.11. The number of aromatic nitrogens is 2. The van der Waals surface area contributed by atoms with Crippen LogP contribution in [0.15, 0.2) is 36.5 Å². The van der Waals surface area contributed by atoms with Gasteiger partial charge in [-0.2, -0.15) is 4.98 Å². The third-order valence-electron chi connectivity index (χ3n) is 5.60. The Morgan fingerprint density at radius 3 is 2.72 bits per heavy atom. The highest BCUT2D eigenvalue weighted by Crippen LogP contribution is 2.35. The minimum Gasteiger partial charge on any atom is -0.351 e. The van der Waals surface area contributed by atoms with Crippen LogP contribution in [-0.2, 0) is 12.0 Å². The van der Waals surface area contributed by atoms with Gasteiger partial charge < -0.3 is 10.2 Å². The molecule has 25 heavy (non-hydrogen) atoms. The summed E-state index contributed by atoms with van der Waals surface area (Å²) in [4.78, 5) is 11.7. The molecule has 4 nitrogen and oxygen atoms in total. The lowest BCUT2D eigenvalue weighted by Gasteiger charge is -2.40. The minimum atomic E-state index is 0.122. The van der Waals surface area contributed by atoms with Gasteiger partial charge in [-0.25, -0.2) is 4.98 Å². The fraction of sp³-hybridized carbons (Fsp3) is 0.524. The van der Waals surface area contributed by atoms with Crippen LogP contribution in [0.5, 0.6) is 0 Å². The van der Waals surface area contributed by atoms with Gasteiger partial charge in [-0.3, -0.25) is 0 Å². The van der Waals surface area contributed by atoms with E-state index < -0.39 is 0 Å². The summed E-state index contributed by atoms with van der Waals surface area (Å²) in [5.41, 5.74) is 2.98. The summed E-state index contributed by atoms with van der Waals surface area (Å²) in [5.74, 6) is 1.80. The van der Waals surface area contributed by atoms with E-state index in [1.807, 2.05) is 12.3 Å². The fourth-order valence-corrected chi connectivity index (χ4v) is 4.33. The normalized spacial score (nSPS) is 20.2. The SMILES string of the molecule is CC1(C)CN(c2ccnc(NC3CCCCC3)n2)Cc2ccccc21. The van der Waals surface area contributed by atoms with Crippen molar-refractivity contribution in [3.8, 4) is 0 Å². The zero-order chi connectivity index (χ0) is 17.3. The first-order valence-corrected chi connectivity index (χ1v) is 9.55. The van der Waals surface area contributed by atoms with E-state index in [1.165, 1.54) is 43.2 Å². The molecule has 4 rings (SSSR count). The summed E-state index contributed by atoms with van der Waals surface area (Å²) in [5, 5.41) is 3.55. The second kappa shape index (κ2) is 6.66. The molecule has 1 aromatic carbocycles. The predicted molar refractivity (Wildman–Crippen MR) is 103 cm³/mol. The van der Waals surface area contributed by atoms with Gasteiger partial charge in [-0.15, -0.1) is 0 Å². The Hall–Kier alpha value is -2.10. The van der Waals surface area contributed by atoms with Gasteiger partial charge in [0.15, 0.2) is 0 Å². The van der Waals surface area contributed by atoms with Crippen LogP contribution < -0.4 is 10.2 Å². The van der Waals surface area contributed by atoms with Crippen molar-refractivity contribution < 1.29 is 0 Å². The van der Waals surface area contributed by atoms with Crippen molar-refractivity contribution in [2.45, 2.75) is 64.0 Å². The van der Waals surface area contributed by atoms with Crippen LogP contribution in [0.4, 0.5) is 11.8 Å². The van der Waals surface area contributed by atoms with Crippen molar-refractivity contribution in [3.05, 3.63) is 47.7 Å². The molecule has 2 aromatic rings. The van der Waals surface area contributed by atoms with Crippen LogP contribution in [0.25, 0.3) is 0 Å². The lowest BCUT2D eigenvalue weighted by molar-refractivity contribution is 0.460. The van der Waals surface area contributed by atoms with E-state index in [2.05, 4.69) is 53.3 Å². The standard InChI is InChI=1S/C21H28N4/c1-21(2)15-25(14-16-8-6-7-11-18(16)21)19-12-13-22-20(24-19)23-17-9-4-3-5-10-17/h6-8,11-13,17H,3-5,9-10,14-15H2,1-2H3,(H,22,23,24). The molecule has 1 saturated carbocycles. The van der Waals surface area contributed by atoms with Crippen LogP contribution in [0.3, 0.4) is 0 Å². The Kier molecular flexibility index (Phi) is 4.36. The van der Waals surface area contributed by atoms with Gasteiger partial charge in [0.05, 0.1) is 0 Å². The molecule has 0 bridgehead atoms. The number of nitrogens with one attached hydrogen (secondary N) is 1. The molecule has 1 aromatic heterocycles. The number of hydrogen-bond acceptors (Lipinski definition) is 4. The Bertz CT molecular complexity index is 734. The maximum Gasteiger partial charge on any atom is 0.224 e. The van der Waals surface area contributed by atoms with Gasteiger partial charge in [0.25, 0.3) is 0 Å². The molecule has 0 atom stereocenters. The molecule has 132 valence electrons. The topological polar surface area (TPSA) is 41.1 Å². The molecule has 2 aliphatic rings. The van der Waals surface area contributed by atoms with E-state index in [9.17, 15) is 0 Å². The maximum absolute atomic E-state index is 4.83. The highest BCUT2D eigenvalue weighted by Gasteiger charge is 2.32. The highest BCUT2D eigenvalue weighted by atomic mass is 15.2. The van der Waals surface area contributed by atoms with Crippen LogP contribution >= 0.6 is 0 Å². The highest BCUT2D eigenvalue weighted by molar-refractivity contribution is 5.49. The zero-order valence-corrected chi connectivity index (χ0v) is 15.3. The van der Waals surface area contributed by atoms with Gasteiger partial charge in [-0.1, -0.05) is 57.4 Å². The summed E-state index contributed by atoms with van der Waals surface area (Å²) >= 11 is 0. The van der Waals surface area contributed by atoms with Gasteiger partial charge in [-0.05, 0) is 30.0 Å². The molecule has 0 spiro atoms. The van der Waals surface area contributed by atoms with E-state index in [0.717, 1.165) is 24.9 Å². The van der Waals surface area contributed by atoms with Crippen molar-refractivity contribution in [1.29, 1.82) is 0 Å². The molecular weight excluding hydrogens is 308 g/mol. The van der Waals surface area contributed by atoms with E-state index >= 15 is 0 Å². The summed E-state index contributed by atoms with van der Waals surface area (Å²) < 4.78 is 0.